The first kappa shape index (κ1) is 19.5. The van der Waals surface area contributed by atoms with Crippen LogP contribution in [0.25, 0.3) is 0 Å². The third kappa shape index (κ3) is 4.54. The van der Waals surface area contributed by atoms with Gasteiger partial charge in [-0.1, -0.05) is 13.0 Å². The van der Waals surface area contributed by atoms with Crippen LogP contribution in [0, 0.1) is 0 Å². The highest BCUT2D eigenvalue weighted by Gasteiger charge is 2.26. The Labute approximate surface area is 164 Å². The number of hydrogen-bond acceptors (Lipinski definition) is 5. The van der Waals surface area contributed by atoms with Gasteiger partial charge in [-0.2, -0.15) is 0 Å². The van der Waals surface area contributed by atoms with Crippen molar-refractivity contribution in [3.63, 3.8) is 0 Å². The van der Waals surface area contributed by atoms with E-state index < -0.39 is 0 Å². The average Bonchev–Trinajstić information content (AvgIpc) is 3.11. The van der Waals surface area contributed by atoms with Gasteiger partial charge in [0.05, 0.1) is 17.8 Å². The zero-order valence-corrected chi connectivity index (χ0v) is 16.9. The third-order valence-corrected chi connectivity index (χ3v) is 5.96. The van der Waals surface area contributed by atoms with E-state index in [4.69, 9.17) is 0 Å². The van der Waals surface area contributed by atoms with E-state index in [-0.39, 0.29) is 18.4 Å². The SMILES string of the molecule is CCc1ccc(CN2CCc3c(C(=O)N(C)CC(=O)NC)csc3C2)nc1. The standard InChI is InChI=1S/C20H26N4O2S/c1-4-14-5-6-15(22-9-14)10-24-8-7-16-17(13-27-18(16)11-24)20(26)23(3)12-19(25)21-2/h5-6,9,13H,4,7-8,10-12H2,1-3H3,(H,21,25). The Balaban J connectivity index is 1.65. The summed E-state index contributed by atoms with van der Waals surface area (Å²) in [7, 11) is 3.24. The zero-order chi connectivity index (χ0) is 19.4. The number of amides is 2. The Morgan fingerprint density at radius 1 is 1.37 bits per heavy atom. The van der Waals surface area contributed by atoms with Gasteiger partial charge >= 0.3 is 0 Å². The molecule has 7 heteroatoms. The number of nitrogens with one attached hydrogen (secondary N) is 1. The van der Waals surface area contributed by atoms with E-state index >= 15 is 0 Å². The van der Waals surface area contributed by atoms with Crippen molar-refractivity contribution >= 4 is 23.2 Å². The van der Waals surface area contributed by atoms with Crippen molar-refractivity contribution in [2.24, 2.45) is 0 Å². The first-order valence-corrected chi connectivity index (χ1v) is 10.1. The van der Waals surface area contributed by atoms with E-state index in [1.54, 1.807) is 25.4 Å². The molecular formula is C20H26N4O2S. The fourth-order valence-electron chi connectivity index (χ4n) is 3.25. The minimum absolute atomic E-state index is 0.0749. The number of carbonyl (C=O) groups excluding carboxylic acids is 2. The van der Waals surface area contributed by atoms with E-state index in [2.05, 4.69) is 34.3 Å². The topological polar surface area (TPSA) is 65.5 Å². The van der Waals surface area contributed by atoms with Crippen LogP contribution >= 0.6 is 11.3 Å². The predicted molar refractivity (Wildman–Crippen MR) is 107 cm³/mol. The number of aryl methyl sites for hydroxylation is 1. The number of fused-ring (bicyclic) bond motifs is 1. The maximum absolute atomic E-state index is 12.7. The van der Waals surface area contributed by atoms with Crippen LogP contribution < -0.4 is 5.32 Å². The van der Waals surface area contributed by atoms with Crippen LogP contribution in [-0.4, -0.2) is 53.8 Å². The Kier molecular flexibility index (Phi) is 6.23. The molecule has 2 amide bonds. The summed E-state index contributed by atoms with van der Waals surface area (Å²) in [6.07, 6.45) is 3.80. The second-order valence-electron chi connectivity index (χ2n) is 6.86. The van der Waals surface area contributed by atoms with Gasteiger partial charge in [0, 0.05) is 50.2 Å². The van der Waals surface area contributed by atoms with Crippen molar-refractivity contribution in [1.82, 2.24) is 20.1 Å². The minimum Gasteiger partial charge on any atom is -0.358 e. The summed E-state index contributed by atoms with van der Waals surface area (Å²) in [5.74, 6) is -0.246. The Bertz CT molecular complexity index is 816. The predicted octanol–water partition coefficient (Wildman–Crippen LogP) is 2.08. The average molecular weight is 387 g/mol. The molecule has 1 aliphatic rings. The van der Waals surface area contributed by atoms with E-state index in [1.807, 2.05) is 11.6 Å². The van der Waals surface area contributed by atoms with Crippen LogP contribution in [0.5, 0.6) is 0 Å². The van der Waals surface area contributed by atoms with E-state index in [9.17, 15) is 9.59 Å². The third-order valence-electron chi connectivity index (χ3n) is 4.94. The van der Waals surface area contributed by atoms with Crippen LogP contribution in [-0.2, 0) is 30.7 Å². The van der Waals surface area contributed by atoms with Gasteiger partial charge in [0.25, 0.3) is 5.91 Å². The first-order valence-electron chi connectivity index (χ1n) is 9.23. The van der Waals surface area contributed by atoms with Crippen molar-refractivity contribution in [3.8, 4) is 0 Å². The van der Waals surface area contributed by atoms with Crippen LogP contribution in [0.4, 0.5) is 0 Å². The van der Waals surface area contributed by atoms with Crippen LogP contribution in [0.2, 0.25) is 0 Å². The molecule has 3 heterocycles. The number of nitrogens with zero attached hydrogens (tertiary/aromatic N) is 3. The van der Waals surface area contributed by atoms with Crippen LogP contribution in [0.3, 0.4) is 0 Å². The van der Waals surface area contributed by atoms with Gasteiger partial charge < -0.3 is 10.2 Å². The molecule has 2 aromatic rings. The van der Waals surface area contributed by atoms with Gasteiger partial charge in [-0.15, -0.1) is 11.3 Å². The second-order valence-corrected chi connectivity index (χ2v) is 7.82. The Morgan fingerprint density at radius 2 is 2.19 bits per heavy atom. The Morgan fingerprint density at radius 3 is 2.85 bits per heavy atom. The molecule has 2 aromatic heterocycles. The fourth-order valence-corrected chi connectivity index (χ4v) is 4.37. The molecule has 1 N–H and O–H groups in total. The molecule has 0 atom stereocenters. The molecule has 0 aliphatic carbocycles. The van der Waals surface area contributed by atoms with E-state index in [0.717, 1.165) is 49.3 Å². The van der Waals surface area contributed by atoms with E-state index in [1.165, 1.54) is 15.3 Å². The number of aromatic nitrogens is 1. The van der Waals surface area contributed by atoms with Gasteiger partial charge in [0.15, 0.2) is 0 Å². The number of carbonyl (C=O) groups is 2. The van der Waals surface area contributed by atoms with Crippen LogP contribution in [0.15, 0.2) is 23.7 Å². The molecule has 144 valence electrons. The first-order chi connectivity index (χ1) is 13.0. The van der Waals surface area contributed by atoms with Gasteiger partial charge in [-0.3, -0.25) is 19.5 Å². The molecule has 0 saturated carbocycles. The molecule has 0 unspecified atom stereocenters. The highest BCUT2D eigenvalue weighted by Crippen LogP contribution is 2.30. The summed E-state index contributed by atoms with van der Waals surface area (Å²) < 4.78 is 0. The van der Waals surface area contributed by atoms with Crippen molar-refractivity contribution in [2.45, 2.75) is 32.9 Å². The van der Waals surface area contributed by atoms with Gasteiger partial charge in [0.1, 0.15) is 0 Å². The maximum Gasteiger partial charge on any atom is 0.255 e. The normalized spacial score (nSPS) is 13.9. The van der Waals surface area contributed by atoms with Gasteiger partial charge in [-0.25, -0.2) is 0 Å². The molecule has 0 fully saturated rings. The maximum atomic E-state index is 12.7. The number of thiophene rings is 1. The summed E-state index contributed by atoms with van der Waals surface area (Å²) in [4.78, 5) is 33.9. The quantitative estimate of drug-likeness (QED) is 0.826. The lowest BCUT2D eigenvalue weighted by atomic mass is 10.0. The number of pyridine rings is 1. The molecule has 6 nitrogen and oxygen atoms in total. The van der Waals surface area contributed by atoms with Gasteiger partial charge in [-0.05, 0) is 30.0 Å². The molecule has 0 bridgehead atoms. The summed E-state index contributed by atoms with van der Waals surface area (Å²) in [5.41, 5.74) is 4.21. The number of hydrogen-bond donors (Lipinski definition) is 1. The lowest BCUT2D eigenvalue weighted by Crippen LogP contribution is -2.37. The smallest absolute Gasteiger partial charge is 0.255 e. The summed E-state index contributed by atoms with van der Waals surface area (Å²) in [6.45, 7) is 4.77. The second kappa shape index (κ2) is 8.63. The lowest BCUT2D eigenvalue weighted by Gasteiger charge is -2.27. The summed E-state index contributed by atoms with van der Waals surface area (Å²) >= 11 is 1.63. The zero-order valence-electron chi connectivity index (χ0n) is 16.1. The van der Waals surface area contributed by atoms with Crippen molar-refractivity contribution in [2.75, 3.05) is 27.2 Å². The minimum atomic E-state index is -0.164. The Hall–Kier alpha value is -2.25. The van der Waals surface area contributed by atoms with Crippen molar-refractivity contribution in [1.29, 1.82) is 0 Å². The van der Waals surface area contributed by atoms with E-state index in [0.29, 0.717) is 0 Å². The molecule has 0 spiro atoms. The molecular weight excluding hydrogens is 360 g/mol. The molecule has 0 saturated heterocycles. The molecule has 0 radical (unpaired) electrons. The van der Waals surface area contributed by atoms with Crippen molar-refractivity contribution < 1.29 is 9.59 Å². The van der Waals surface area contributed by atoms with Crippen molar-refractivity contribution in [3.05, 3.63) is 51.0 Å². The highest BCUT2D eigenvalue weighted by atomic mass is 32.1. The number of rotatable bonds is 6. The largest absolute Gasteiger partial charge is 0.358 e. The monoisotopic (exact) mass is 386 g/mol. The molecule has 27 heavy (non-hydrogen) atoms. The van der Waals surface area contributed by atoms with Gasteiger partial charge in [0.2, 0.25) is 5.91 Å². The molecule has 3 rings (SSSR count). The molecule has 0 aromatic carbocycles. The fraction of sp³-hybridized carbons (Fsp3) is 0.450. The summed E-state index contributed by atoms with van der Waals surface area (Å²) in [6, 6.07) is 4.24. The molecule has 1 aliphatic heterocycles. The highest BCUT2D eigenvalue weighted by molar-refractivity contribution is 7.10. The summed E-state index contributed by atoms with van der Waals surface area (Å²) in [5, 5.41) is 4.49. The lowest BCUT2D eigenvalue weighted by molar-refractivity contribution is -0.121. The number of likely N-dealkylation sites (N-methyl/N-ethyl adjacent to an activating group) is 2. The van der Waals surface area contributed by atoms with Crippen LogP contribution in [0.1, 0.15) is 39.0 Å².